The maximum atomic E-state index is 4.07. The smallest absolute Gasteiger partial charge is 0.0382 e. The van der Waals surface area contributed by atoms with Crippen LogP contribution in [0.3, 0.4) is 0 Å². The first-order valence-corrected chi connectivity index (χ1v) is 6.40. The fourth-order valence-corrected chi connectivity index (χ4v) is 1.59. The minimum absolute atomic E-state index is 0.938. The highest BCUT2D eigenvalue weighted by Gasteiger charge is 1.98. The quantitative estimate of drug-likeness (QED) is 0.738. The molecule has 1 N–H and O–H groups in total. The van der Waals surface area contributed by atoms with E-state index in [9.17, 15) is 0 Å². The standard InChI is InChI=1S/C17H23N/c1-6-16-9-11-17(12-10-16)15(5)18-14(4)8-7-13(2)3/h7-12,18H,5-6H2,1-4H3/b14-8+. The van der Waals surface area contributed by atoms with Crippen molar-refractivity contribution >= 4 is 5.70 Å². The van der Waals surface area contributed by atoms with E-state index >= 15 is 0 Å². The number of benzene rings is 1. The fraction of sp³-hybridized carbons (Fsp3) is 0.294. The van der Waals surface area contributed by atoms with Crippen LogP contribution in [0.4, 0.5) is 0 Å². The molecule has 0 saturated carbocycles. The summed E-state index contributed by atoms with van der Waals surface area (Å²) in [5, 5.41) is 3.31. The average molecular weight is 241 g/mol. The SMILES string of the molecule is C=C(N/C(C)=C/C=C(C)C)c1ccc(CC)cc1. The monoisotopic (exact) mass is 241 g/mol. The molecule has 0 atom stereocenters. The summed E-state index contributed by atoms with van der Waals surface area (Å²) in [6.45, 7) is 12.5. The van der Waals surface area contributed by atoms with E-state index in [1.807, 2.05) is 6.92 Å². The predicted molar refractivity (Wildman–Crippen MR) is 81.2 cm³/mol. The van der Waals surface area contributed by atoms with Gasteiger partial charge in [-0.15, -0.1) is 0 Å². The molecule has 1 aromatic rings. The minimum Gasteiger partial charge on any atom is -0.359 e. The second-order valence-electron chi connectivity index (χ2n) is 4.75. The molecule has 0 unspecified atom stereocenters. The average Bonchev–Trinajstić information content (AvgIpc) is 2.36. The Balaban J connectivity index is 2.70. The van der Waals surface area contributed by atoms with Crippen LogP contribution in [0.5, 0.6) is 0 Å². The van der Waals surface area contributed by atoms with Crippen LogP contribution >= 0.6 is 0 Å². The van der Waals surface area contributed by atoms with Gasteiger partial charge in [0.15, 0.2) is 0 Å². The largest absolute Gasteiger partial charge is 0.359 e. The normalized spacial score (nSPS) is 11.0. The highest BCUT2D eigenvalue weighted by Crippen LogP contribution is 2.13. The number of nitrogens with one attached hydrogen (secondary N) is 1. The van der Waals surface area contributed by atoms with Crippen molar-refractivity contribution in [2.45, 2.75) is 34.1 Å². The summed E-state index contributed by atoms with van der Waals surface area (Å²) in [5.41, 5.74) is 5.81. The molecule has 0 amide bonds. The van der Waals surface area contributed by atoms with Crippen molar-refractivity contribution in [3.05, 3.63) is 65.4 Å². The highest BCUT2D eigenvalue weighted by molar-refractivity contribution is 5.63. The van der Waals surface area contributed by atoms with E-state index in [-0.39, 0.29) is 0 Å². The summed E-state index contributed by atoms with van der Waals surface area (Å²) in [6.07, 6.45) is 5.23. The number of allylic oxidation sites excluding steroid dienone is 4. The van der Waals surface area contributed by atoms with Gasteiger partial charge in [-0.1, -0.05) is 49.4 Å². The Morgan fingerprint density at radius 2 is 1.72 bits per heavy atom. The third-order valence-corrected chi connectivity index (χ3v) is 2.73. The Kier molecular flexibility index (Phi) is 5.44. The minimum atomic E-state index is 0.938. The lowest BCUT2D eigenvalue weighted by Crippen LogP contribution is -2.08. The molecule has 1 aromatic carbocycles. The zero-order valence-corrected chi connectivity index (χ0v) is 11.9. The molecule has 0 saturated heterocycles. The second-order valence-corrected chi connectivity index (χ2v) is 4.75. The third kappa shape index (κ3) is 4.62. The van der Waals surface area contributed by atoms with Gasteiger partial charge in [0, 0.05) is 11.4 Å². The molecule has 0 aliphatic heterocycles. The molecule has 1 nitrogen and oxygen atoms in total. The van der Waals surface area contributed by atoms with Crippen molar-refractivity contribution in [1.82, 2.24) is 5.32 Å². The first-order valence-electron chi connectivity index (χ1n) is 6.40. The van der Waals surface area contributed by atoms with E-state index < -0.39 is 0 Å². The molecular formula is C17H23N. The lowest BCUT2D eigenvalue weighted by atomic mass is 10.1. The van der Waals surface area contributed by atoms with Crippen molar-refractivity contribution in [3.8, 4) is 0 Å². The zero-order chi connectivity index (χ0) is 13.5. The van der Waals surface area contributed by atoms with E-state index in [1.54, 1.807) is 0 Å². The molecule has 0 radical (unpaired) electrons. The van der Waals surface area contributed by atoms with E-state index in [0.29, 0.717) is 0 Å². The van der Waals surface area contributed by atoms with Gasteiger partial charge in [-0.25, -0.2) is 0 Å². The zero-order valence-electron chi connectivity index (χ0n) is 11.9. The highest BCUT2D eigenvalue weighted by atomic mass is 14.9. The van der Waals surface area contributed by atoms with E-state index in [0.717, 1.165) is 23.4 Å². The van der Waals surface area contributed by atoms with Gasteiger partial charge in [-0.05, 0) is 44.4 Å². The van der Waals surface area contributed by atoms with Crippen molar-refractivity contribution in [2.75, 3.05) is 0 Å². The topological polar surface area (TPSA) is 12.0 Å². The van der Waals surface area contributed by atoms with Crippen molar-refractivity contribution < 1.29 is 0 Å². The van der Waals surface area contributed by atoms with Gasteiger partial charge in [0.05, 0.1) is 0 Å². The molecule has 0 heterocycles. The maximum Gasteiger partial charge on any atom is 0.0382 e. The van der Waals surface area contributed by atoms with Crippen LogP contribution in [-0.2, 0) is 6.42 Å². The van der Waals surface area contributed by atoms with Gasteiger partial charge >= 0.3 is 0 Å². The Hall–Kier alpha value is -1.76. The molecule has 1 rings (SSSR count). The van der Waals surface area contributed by atoms with Crippen molar-refractivity contribution in [2.24, 2.45) is 0 Å². The molecule has 1 heteroatoms. The van der Waals surface area contributed by atoms with Crippen LogP contribution in [0.1, 0.15) is 38.8 Å². The van der Waals surface area contributed by atoms with Gasteiger partial charge in [0.2, 0.25) is 0 Å². The third-order valence-electron chi connectivity index (χ3n) is 2.73. The Labute approximate surface area is 111 Å². The van der Waals surface area contributed by atoms with Crippen LogP contribution in [-0.4, -0.2) is 0 Å². The van der Waals surface area contributed by atoms with Gasteiger partial charge in [-0.2, -0.15) is 0 Å². The van der Waals surface area contributed by atoms with Crippen LogP contribution in [0.25, 0.3) is 5.70 Å². The maximum absolute atomic E-state index is 4.07. The predicted octanol–water partition coefficient (Wildman–Crippen LogP) is 4.68. The first-order chi connectivity index (χ1) is 8.52. The molecule has 0 spiro atoms. The summed E-state index contributed by atoms with van der Waals surface area (Å²) >= 11 is 0. The lowest BCUT2D eigenvalue weighted by molar-refractivity contribution is 1.08. The number of hydrogen-bond donors (Lipinski definition) is 1. The summed E-state index contributed by atoms with van der Waals surface area (Å²) < 4.78 is 0. The molecule has 96 valence electrons. The van der Waals surface area contributed by atoms with Gasteiger partial charge < -0.3 is 5.32 Å². The van der Waals surface area contributed by atoms with Crippen LogP contribution < -0.4 is 5.32 Å². The Morgan fingerprint density at radius 1 is 1.11 bits per heavy atom. The molecule has 18 heavy (non-hydrogen) atoms. The molecule has 0 aliphatic rings. The lowest BCUT2D eigenvalue weighted by Gasteiger charge is -2.10. The van der Waals surface area contributed by atoms with Crippen molar-refractivity contribution in [1.29, 1.82) is 0 Å². The number of aryl methyl sites for hydroxylation is 1. The van der Waals surface area contributed by atoms with Crippen LogP contribution in [0.2, 0.25) is 0 Å². The van der Waals surface area contributed by atoms with Gasteiger partial charge in [-0.3, -0.25) is 0 Å². The van der Waals surface area contributed by atoms with Crippen molar-refractivity contribution in [3.63, 3.8) is 0 Å². The number of rotatable bonds is 5. The summed E-state index contributed by atoms with van der Waals surface area (Å²) in [7, 11) is 0. The van der Waals surface area contributed by atoms with Crippen LogP contribution in [0.15, 0.2) is 54.3 Å². The summed E-state index contributed by atoms with van der Waals surface area (Å²) in [5.74, 6) is 0. The summed E-state index contributed by atoms with van der Waals surface area (Å²) in [4.78, 5) is 0. The second kappa shape index (κ2) is 6.85. The van der Waals surface area contributed by atoms with Gasteiger partial charge in [0.1, 0.15) is 0 Å². The Morgan fingerprint density at radius 3 is 2.22 bits per heavy atom. The van der Waals surface area contributed by atoms with E-state index in [1.165, 1.54) is 11.1 Å². The van der Waals surface area contributed by atoms with Gasteiger partial charge in [0.25, 0.3) is 0 Å². The fourth-order valence-electron chi connectivity index (χ4n) is 1.59. The molecule has 0 fully saturated rings. The summed E-state index contributed by atoms with van der Waals surface area (Å²) in [6, 6.07) is 8.53. The Bertz CT molecular complexity index is 457. The molecule has 0 bridgehead atoms. The first kappa shape index (κ1) is 14.3. The van der Waals surface area contributed by atoms with E-state index in [2.05, 4.69) is 69.1 Å². The molecule has 0 aromatic heterocycles. The molecular weight excluding hydrogens is 218 g/mol. The number of hydrogen-bond acceptors (Lipinski definition) is 1. The van der Waals surface area contributed by atoms with E-state index in [4.69, 9.17) is 0 Å². The molecule has 0 aliphatic carbocycles. The van der Waals surface area contributed by atoms with Crippen LogP contribution in [0, 0.1) is 0 Å².